The first-order valence-electron chi connectivity index (χ1n) is 6.64. The molecule has 0 aromatic heterocycles. The van der Waals surface area contributed by atoms with Crippen LogP contribution in [0.1, 0.15) is 46.5 Å². The van der Waals surface area contributed by atoms with E-state index in [0.29, 0.717) is 19.6 Å². The lowest BCUT2D eigenvalue weighted by Gasteiger charge is -2.25. The van der Waals surface area contributed by atoms with Gasteiger partial charge >= 0.3 is 0 Å². The van der Waals surface area contributed by atoms with Gasteiger partial charge in [-0.2, -0.15) is 0 Å². The molecule has 0 rings (SSSR count). The molecule has 0 bridgehead atoms. The summed E-state index contributed by atoms with van der Waals surface area (Å²) < 4.78 is 5.44. The van der Waals surface area contributed by atoms with Crippen LogP contribution in [0, 0.1) is 0 Å². The van der Waals surface area contributed by atoms with E-state index in [1.807, 2.05) is 13.8 Å². The molecule has 3 atom stereocenters. The first kappa shape index (κ1) is 17.8. The van der Waals surface area contributed by atoms with Crippen molar-refractivity contribution in [1.29, 1.82) is 0 Å². The fraction of sp³-hybridized carbons (Fsp3) is 1.00. The zero-order chi connectivity index (χ0) is 14.2. The number of unbranched alkanes of at least 4 members (excludes halogenated alkanes) is 1. The maximum atomic E-state index is 9.95. The summed E-state index contributed by atoms with van der Waals surface area (Å²) >= 11 is 0. The zero-order valence-corrected chi connectivity index (χ0v) is 12.0. The van der Waals surface area contributed by atoms with Crippen LogP contribution in [-0.2, 0) is 4.74 Å². The highest BCUT2D eigenvalue weighted by Gasteiger charge is 2.22. The molecule has 0 aliphatic carbocycles. The Morgan fingerprint density at radius 3 is 2.39 bits per heavy atom. The van der Waals surface area contributed by atoms with Crippen LogP contribution in [0.5, 0.6) is 0 Å². The second kappa shape index (κ2) is 8.07. The van der Waals surface area contributed by atoms with Gasteiger partial charge in [-0.15, -0.1) is 0 Å². The summed E-state index contributed by atoms with van der Waals surface area (Å²) in [7, 11) is 0. The predicted molar refractivity (Wildman–Crippen MR) is 73.2 cm³/mol. The van der Waals surface area contributed by atoms with E-state index in [-0.39, 0.29) is 12.6 Å². The van der Waals surface area contributed by atoms with Crippen molar-refractivity contribution in [2.24, 2.45) is 11.5 Å². The van der Waals surface area contributed by atoms with Crippen LogP contribution in [0.4, 0.5) is 0 Å². The van der Waals surface area contributed by atoms with Crippen LogP contribution in [0.25, 0.3) is 0 Å². The van der Waals surface area contributed by atoms with Crippen molar-refractivity contribution < 1.29 is 14.9 Å². The monoisotopic (exact) mass is 262 g/mol. The van der Waals surface area contributed by atoms with Crippen molar-refractivity contribution in [3.8, 4) is 0 Å². The quantitative estimate of drug-likeness (QED) is 0.426. The lowest BCUT2D eigenvalue weighted by molar-refractivity contribution is -0.0424. The van der Waals surface area contributed by atoms with Crippen molar-refractivity contribution in [1.82, 2.24) is 0 Å². The molecule has 0 amide bonds. The molecular formula is C13H30N2O3. The molecule has 110 valence electrons. The van der Waals surface area contributed by atoms with E-state index in [2.05, 4.69) is 0 Å². The molecule has 0 heterocycles. The summed E-state index contributed by atoms with van der Waals surface area (Å²) in [5.74, 6) is 0. The van der Waals surface area contributed by atoms with E-state index in [9.17, 15) is 5.11 Å². The van der Waals surface area contributed by atoms with E-state index >= 15 is 0 Å². The summed E-state index contributed by atoms with van der Waals surface area (Å²) in [5, 5.41) is 18.9. The van der Waals surface area contributed by atoms with Gasteiger partial charge in [0.2, 0.25) is 0 Å². The van der Waals surface area contributed by atoms with Gasteiger partial charge in [-0.3, -0.25) is 0 Å². The Morgan fingerprint density at radius 2 is 1.89 bits per heavy atom. The Balaban J connectivity index is 3.57. The van der Waals surface area contributed by atoms with Crippen molar-refractivity contribution in [2.75, 3.05) is 19.8 Å². The summed E-state index contributed by atoms with van der Waals surface area (Å²) in [6, 6.07) is -0.0360. The van der Waals surface area contributed by atoms with Gasteiger partial charge in [0, 0.05) is 18.2 Å². The number of nitrogens with two attached hydrogens (primary N) is 2. The minimum atomic E-state index is -0.859. The van der Waals surface area contributed by atoms with Crippen LogP contribution in [-0.4, -0.2) is 47.2 Å². The summed E-state index contributed by atoms with van der Waals surface area (Å²) in [6.45, 7) is 6.33. The zero-order valence-electron chi connectivity index (χ0n) is 12.0. The van der Waals surface area contributed by atoms with Gasteiger partial charge in [0.05, 0.1) is 18.8 Å². The molecule has 0 spiro atoms. The van der Waals surface area contributed by atoms with Crippen molar-refractivity contribution in [2.45, 2.75) is 63.6 Å². The number of ether oxygens (including phenoxy) is 1. The van der Waals surface area contributed by atoms with E-state index in [1.54, 1.807) is 6.92 Å². The van der Waals surface area contributed by atoms with E-state index < -0.39 is 11.1 Å². The highest BCUT2D eigenvalue weighted by atomic mass is 16.5. The van der Waals surface area contributed by atoms with Gasteiger partial charge in [0.25, 0.3) is 0 Å². The maximum Gasteiger partial charge on any atom is 0.0866 e. The molecule has 0 radical (unpaired) electrons. The molecule has 3 unspecified atom stereocenters. The Kier molecular flexibility index (Phi) is 7.98. The van der Waals surface area contributed by atoms with Gasteiger partial charge in [-0.1, -0.05) is 0 Å². The fourth-order valence-electron chi connectivity index (χ4n) is 1.86. The van der Waals surface area contributed by atoms with Gasteiger partial charge in [0.1, 0.15) is 0 Å². The smallest absolute Gasteiger partial charge is 0.0866 e. The minimum Gasteiger partial charge on any atom is -0.394 e. The second-order valence-corrected chi connectivity index (χ2v) is 6.00. The lowest BCUT2D eigenvalue weighted by atomic mass is 9.97. The van der Waals surface area contributed by atoms with Crippen LogP contribution in [0.3, 0.4) is 0 Å². The maximum absolute atomic E-state index is 9.95. The molecule has 0 aromatic carbocycles. The molecule has 6 N–H and O–H groups in total. The van der Waals surface area contributed by atoms with E-state index in [4.69, 9.17) is 21.3 Å². The van der Waals surface area contributed by atoms with Crippen LogP contribution in [0.15, 0.2) is 0 Å². The van der Waals surface area contributed by atoms with Crippen molar-refractivity contribution in [3.63, 3.8) is 0 Å². The van der Waals surface area contributed by atoms with Crippen molar-refractivity contribution in [3.05, 3.63) is 0 Å². The molecule has 18 heavy (non-hydrogen) atoms. The lowest BCUT2D eigenvalue weighted by Crippen LogP contribution is -2.40. The fourth-order valence-corrected chi connectivity index (χ4v) is 1.86. The highest BCUT2D eigenvalue weighted by Crippen LogP contribution is 2.13. The topological polar surface area (TPSA) is 102 Å². The third-order valence-electron chi connectivity index (χ3n) is 2.82. The van der Waals surface area contributed by atoms with Gasteiger partial charge in [-0.25, -0.2) is 0 Å². The Labute approximate surface area is 111 Å². The Bertz CT molecular complexity index is 218. The standard InChI is InChI=1S/C13H30N2O3/c1-11(14)8-13(3,17)10-18-7-5-4-6-12(2,15)9-16/h11,16-17H,4-10,14-15H2,1-3H3. The van der Waals surface area contributed by atoms with E-state index in [0.717, 1.165) is 19.3 Å². The molecule has 5 nitrogen and oxygen atoms in total. The normalized spacial score (nSPS) is 20.2. The van der Waals surface area contributed by atoms with Gasteiger partial charge in [-0.05, 0) is 46.5 Å². The van der Waals surface area contributed by atoms with Gasteiger partial charge in [0.15, 0.2) is 0 Å². The molecule has 0 aromatic rings. The van der Waals surface area contributed by atoms with E-state index in [1.165, 1.54) is 0 Å². The average Bonchev–Trinajstić information content (AvgIpc) is 2.21. The molecule has 0 aliphatic rings. The average molecular weight is 262 g/mol. The Hall–Kier alpha value is -0.200. The third-order valence-corrected chi connectivity index (χ3v) is 2.82. The van der Waals surface area contributed by atoms with Crippen LogP contribution < -0.4 is 11.5 Å². The van der Waals surface area contributed by atoms with Crippen LogP contribution in [0.2, 0.25) is 0 Å². The summed E-state index contributed by atoms with van der Waals surface area (Å²) in [5.41, 5.74) is 10.1. The van der Waals surface area contributed by atoms with Gasteiger partial charge < -0.3 is 26.4 Å². The third kappa shape index (κ3) is 9.79. The summed E-state index contributed by atoms with van der Waals surface area (Å²) in [4.78, 5) is 0. The SMILES string of the molecule is CC(N)CC(C)(O)COCCCCC(C)(N)CO. The number of rotatable bonds is 10. The molecular weight excluding hydrogens is 232 g/mol. The number of hydrogen-bond acceptors (Lipinski definition) is 5. The first-order valence-corrected chi connectivity index (χ1v) is 6.64. The van der Waals surface area contributed by atoms with Crippen molar-refractivity contribution >= 4 is 0 Å². The molecule has 0 saturated heterocycles. The minimum absolute atomic E-state index is 0.00302. The first-order chi connectivity index (χ1) is 8.18. The summed E-state index contributed by atoms with van der Waals surface area (Å²) in [6.07, 6.45) is 3.07. The highest BCUT2D eigenvalue weighted by molar-refractivity contribution is 4.77. The molecule has 5 heteroatoms. The predicted octanol–water partition coefficient (Wildman–Crippen LogP) is 0.371. The molecule has 0 fully saturated rings. The number of hydrogen-bond donors (Lipinski definition) is 4. The molecule has 0 saturated carbocycles. The number of aliphatic hydroxyl groups excluding tert-OH is 1. The van der Waals surface area contributed by atoms with Crippen LogP contribution >= 0.6 is 0 Å². The largest absolute Gasteiger partial charge is 0.394 e. The Morgan fingerprint density at radius 1 is 1.28 bits per heavy atom. The molecule has 0 aliphatic heterocycles. The number of aliphatic hydroxyl groups is 2. The second-order valence-electron chi connectivity index (χ2n) is 6.00.